The second-order valence-electron chi connectivity index (χ2n) is 4.31. The minimum absolute atomic E-state index is 0.207. The largest absolute Gasteiger partial charge is 0.356 e. The Bertz CT molecular complexity index is 527. The van der Waals surface area contributed by atoms with Crippen molar-refractivity contribution in [3.05, 3.63) is 6.20 Å². The Kier molecular flexibility index (Phi) is 6.97. The second-order valence-corrected chi connectivity index (χ2v) is 4.72. The van der Waals surface area contributed by atoms with Crippen molar-refractivity contribution in [1.82, 2.24) is 20.3 Å². The van der Waals surface area contributed by atoms with Gasteiger partial charge in [-0.15, -0.1) is 5.10 Å². The SMILES string of the molecule is N#CCCCCn1ncc(NC(=S)NCC(F)(F)C(F)F)n1. The van der Waals surface area contributed by atoms with Crippen LogP contribution >= 0.6 is 12.2 Å². The number of aryl methyl sites for hydroxylation is 1. The molecule has 1 rings (SSSR count). The molecule has 122 valence electrons. The zero-order chi connectivity index (χ0) is 16.6. The number of thiocarbonyl (C=S) groups is 1. The monoisotopic (exact) mass is 338 g/mol. The molecule has 0 aliphatic rings. The molecular formula is C11H14F4N6S. The van der Waals surface area contributed by atoms with Crippen molar-refractivity contribution >= 4 is 23.1 Å². The van der Waals surface area contributed by atoms with Crippen LogP contribution in [0.3, 0.4) is 0 Å². The van der Waals surface area contributed by atoms with Crippen molar-refractivity contribution in [1.29, 1.82) is 5.26 Å². The van der Waals surface area contributed by atoms with Crippen LogP contribution in [0.2, 0.25) is 0 Å². The number of unbranched alkanes of at least 4 members (excludes halogenated alkanes) is 2. The molecule has 1 aromatic rings. The molecule has 11 heteroatoms. The van der Waals surface area contributed by atoms with E-state index in [9.17, 15) is 17.6 Å². The second kappa shape index (κ2) is 8.47. The first-order valence-electron chi connectivity index (χ1n) is 6.33. The Morgan fingerprint density at radius 2 is 2.18 bits per heavy atom. The van der Waals surface area contributed by atoms with Crippen molar-refractivity contribution in [2.45, 2.75) is 38.2 Å². The predicted molar refractivity (Wildman–Crippen MR) is 74.7 cm³/mol. The van der Waals surface area contributed by atoms with Crippen LogP contribution in [0, 0.1) is 11.3 Å². The van der Waals surface area contributed by atoms with Gasteiger partial charge in [0, 0.05) is 6.42 Å². The lowest BCUT2D eigenvalue weighted by Crippen LogP contribution is -2.42. The predicted octanol–water partition coefficient (Wildman–Crippen LogP) is 2.16. The highest BCUT2D eigenvalue weighted by Gasteiger charge is 2.40. The molecular weight excluding hydrogens is 324 g/mol. The van der Waals surface area contributed by atoms with E-state index >= 15 is 0 Å². The summed E-state index contributed by atoms with van der Waals surface area (Å²) in [7, 11) is 0. The zero-order valence-corrected chi connectivity index (χ0v) is 12.2. The smallest absolute Gasteiger partial charge is 0.324 e. The van der Waals surface area contributed by atoms with E-state index in [1.165, 1.54) is 11.0 Å². The molecule has 0 fully saturated rings. The van der Waals surface area contributed by atoms with Gasteiger partial charge < -0.3 is 10.6 Å². The topological polar surface area (TPSA) is 78.6 Å². The molecule has 22 heavy (non-hydrogen) atoms. The van der Waals surface area contributed by atoms with Crippen LogP contribution < -0.4 is 10.6 Å². The van der Waals surface area contributed by atoms with E-state index in [2.05, 4.69) is 15.5 Å². The van der Waals surface area contributed by atoms with Crippen molar-refractivity contribution in [3.8, 4) is 6.07 Å². The van der Waals surface area contributed by atoms with Crippen LogP contribution in [0.25, 0.3) is 0 Å². The molecule has 0 saturated heterocycles. The summed E-state index contributed by atoms with van der Waals surface area (Å²) >= 11 is 4.71. The van der Waals surface area contributed by atoms with E-state index in [0.717, 1.165) is 0 Å². The third-order valence-electron chi connectivity index (χ3n) is 2.48. The first-order chi connectivity index (χ1) is 10.3. The van der Waals surface area contributed by atoms with Crippen molar-refractivity contribution < 1.29 is 17.6 Å². The molecule has 0 amide bonds. The van der Waals surface area contributed by atoms with Crippen molar-refractivity contribution in [2.75, 3.05) is 11.9 Å². The summed E-state index contributed by atoms with van der Waals surface area (Å²) in [5, 5.41) is 20.5. The average molecular weight is 338 g/mol. The molecule has 0 spiro atoms. The van der Waals surface area contributed by atoms with Gasteiger partial charge >= 0.3 is 12.3 Å². The number of nitrogens with zero attached hydrogens (tertiary/aromatic N) is 4. The number of aromatic nitrogens is 3. The molecule has 0 saturated carbocycles. The van der Waals surface area contributed by atoms with Crippen LogP contribution in [-0.2, 0) is 6.54 Å². The number of hydrogen-bond acceptors (Lipinski definition) is 4. The van der Waals surface area contributed by atoms with Gasteiger partial charge in [0.25, 0.3) is 0 Å². The fourth-order valence-corrected chi connectivity index (χ4v) is 1.53. The van der Waals surface area contributed by atoms with E-state index in [1.807, 2.05) is 11.4 Å². The minimum atomic E-state index is -4.16. The molecule has 0 aliphatic heterocycles. The van der Waals surface area contributed by atoms with Gasteiger partial charge in [-0.3, -0.25) is 0 Å². The van der Waals surface area contributed by atoms with Crippen LogP contribution in [-0.4, -0.2) is 39.0 Å². The average Bonchev–Trinajstić information content (AvgIpc) is 2.89. The number of nitriles is 1. The Morgan fingerprint density at radius 1 is 1.45 bits per heavy atom. The summed E-state index contributed by atoms with van der Waals surface area (Å²) in [6.07, 6.45) is -0.575. The molecule has 6 nitrogen and oxygen atoms in total. The maximum Gasteiger partial charge on any atom is 0.324 e. The molecule has 2 N–H and O–H groups in total. The van der Waals surface area contributed by atoms with Crippen LogP contribution in [0.1, 0.15) is 19.3 Å². The minimum Gasteiger partial charge on any atom is -0.356 e. The summed E-state index contributed by atoms with van der Waals surface area (Å²) in [5.41, 5.74) is 0. The molecule has 0 radical (unpaired) electrons. The Labute approximate surface area is 129 Å². The van der Waals surface area contributed by atoms with Crippen molar-refractivity contribution in [2.24, 2.45) is 0 Å². The van der Waals surface area contributed by atoms with Gasteiger partial charge in [0.05, 0.1) is 25.4 Å². The Hall–Kier alpha value is -1.96. The number of nitrogens with one attached hydrogen (secondary N) is 2. The molecule has 0 unspecified atom stereocenters. The maximum absolute atomic E-state index is 12.7. The fourth-order valence-electron chi connectivity index (χ4n) is 1.36. The highest BCUT2D eigenvalue weighted by molar-refractivity contribution is 7.80. The van der Waals surface area contributed by atoms with Gasteiger partial charge in [-0.1, -0.05) is 0 Å². The summed E-state index contributed by atoms with van der Waals surface area (Å²) in [5.74, 6) is -3.96. The number of halogens is 4. The number of rotatable bonds is 8. The molecule has 0 aliphatic carbocycles. The van der Waals surface area contributed by atoms with Gasteiger partial charge in [0.1, 0.15) is 0 Å². The summed E-state index contributed by atoms with van der Waals surface area (Å²) in [4.78, 5) is 1.36. The van der Waals surface area contributed by atoms with E-state index in [0.29, 0.717) is 25.8 Å². The van der Waals surface area contributed by atoms with Gasteiger partial charge in [0.15, 0.2) is 10.9 Å². The van der Waals surface area contributed by atoms with Gasteiger partial charge in [-0.25, -0.2) is 8.78 Å². The van der Waals surface area contributed by atoms with Crippen LogP contribution in [0.15, 0.2) is 6.20 Å². The van der Waals surface area contributed by atoms with Crippen LogP contribution in [0.5, 0.6) is 0 Å². The van der Waals surface area contributed by atoms with E-state index in [-0.39, 0.29) is 10.9 Å². The Morgan fingerprint density at radius 3 is 2.82 bits per heavy atom. The molecule has 1 aromatic heterocycles. The first-order valence-corrected chi connectivity index (χ1v) is 6.74. The standard InChI is InChI=1S/C11H14F4N6S/c12-9(13)11(14,15)7-17-10(22)19-8-6-18-21(20-8)5-3-1-2-4-16/h6,9H,1-3,5,7H2,(H2,17,19,20,22). The lowest BCUT2D eigenvalue weighted by atomic mass is 10.2. The third kappa shape index (κ3) is 6.21. The molecule has 0 bridgehead atoms. The van der Waals surface area contributed by atoms with Gasteiger partial charge in [-0.05, 0) is 25.1 Å². The molecule has 0 aromatic carbocycles. The van der Waals surface area contributed by atoms with E-state index < -0.39 is 18.9 Å². The summed E-state index contributed by atoms with van der Waals surface area (Å²) < 4.78 is 49.3. The van der Waals surface area contributed by atoms with Crippen molar-refractivity contribution in [3.63, 3.8) is 0 Å². The summed E-state index contributed by atoms with van der Waals surface area (Å²) in [6.45, 7) is -0.786. The fraction of sp³-hybridized carbons (Fsp3) is 0.636. The lowest BCUT2D eigenvalue weighted by molar-refractivity contribution is -0.122. The normalized spacial score (nSPS) is 11.3. The number of alkyl halides is 4. The Balaban J connectivity index is 2.36. The van der Waals surface area contributed by atoms with Gasteiger partial charge in [-0.2, -0.15) is 23.9 Å². The molecule has 0 atom stereocenters. The zero-order valence-electron chi connectivity index (χ0n) is 11.4. The van der Waals surface area contributed by atoms with Gasteiger partial charge in [0.2, 0.25) is 0 Å². The van der Waals surface area contributed by atoms with Crippen LogP contribution in [0.4, 0.5) is 23.4 Å². The third-order valence-corrected chi connectivity index (χ3v) is 2.73. The maximum atomic E-state index is 12.7. The quantitative estimate of drug-likeness (QED) is 0.430. The number of hydrogen-bond donors (Lipinski definition) is 2. The van der Waals surface area contributed by atoms with E-state index in [1.54, 1.807) is 0 Å². The highest BCUT2D eigenvalue weighted by atomic mass is 32.1. The van der Waals surface area contributed by atoms with E-state index in [4.69, 9.17) is 17.5 Å². The highest BCUT2D eigenvalue weighted by Crippen LogP contribution is 2.21. The lowest BCUT2D eigenvalue weighted by Gasteiger charge is -2.16. The summed E-state index contributed by atoms with van der Waals surface area (Å²) in [6, 6.07) is 2.02. The first kappa shape index (κ1) is 18.1. The number of anilines is 1. The molecule has 1 heterocycles.